The molecule has 0 bridgehead atoms. The molecule has 1 aliphatic rings. The Morgan fingerprint density at radius 2 is 1.70 bits per heavy atom. The summed E-state index contributed by atoms with van der Waals surface area (Å²) in [5.41, 5.74) is 0. The first kappa shape index (κ1) is 16.6. The van der Waals surface area contributed by atoms with Crippen LogP contribution >= 0.6 is 0 Å². The second-order valence-corrected chi connectivity index (χ2v) is 4.54. The number of halogens is 6. The minimum Gasteiger partial charge on any atom is -0.481 e. The Bertz CT molecular complexity index is 391. The van der Waals surface area contributed by atoms with Gasteiger partial charge in [-0.2, -0.15) is 26.3 Å². The van der Waals surface area contributed by atoms with E-state index in [1.807, 2.05) is 0 Å². The Kier molecular flexibility index (Phi) is 4.55. The smallest absolute Gasteiger partial charge is 0.471 e. The predicted molar refractivity (Wildman–Crippen MR) is 52.6 cm³/mol. The van der Waals surface area contributed by atoms with Crippen molar-refractivity contribution in [3.8, 4) is 0 Å². The van der Waals surface area contributed by atoms with E-state index in [2.05, 4.69) is 0 Å². The number of carbonyl (C=O) groups excluding carboxylic acids is 1. The number of piperidine rings is 1. The fraction of sp³-hybridized carbons (Fsp3) is 0.800. The zero-order valence-electron chi connectivity index (χ0n) is 9.96. The van der Waals surface area contributed by atoms with Gasteiger partial charge in [-0.15, -0.1) is 0 Å². The van der Waals surface area contributed by atoms with Crippen LogP contribution in [0.15, 0.2) is 0 Å². The lowest BCUT2D eigenvalue weighted by atomic mass is 9.88. The molecular formula is C10H11F6NO3. The molecule has 0 spiro atoms. The third-order valence-corrected chi connectivity index (χ3v) is 3.06. The van der Waals surface area contributed by atoms with Crippen molar-refractivity contribution in [3.05, 3.63) is 0 Å². The number of rotatable bonds is 2. The van der Waals surface area contributed by atoms with Gasteiger partial charge >= 0.3 is 24.2 Å². The lowest BCUT2D eigenvalue weighted by Gasteiger charge is -2.40. The van der Waals surface area contributed by atoms with Gasteiger partial charge in [-0.3, -0.25) is 9.59 Å². The molecule has 1 fully saturated rings. The number of amides is 1. The van der Waals surface area contributed by atoms with Gasteiger partial charge in [0.2, 0.25) is 0 Å². The van der Waals surface area contributed by atoms with Crippen molar-refractivity contribution in [2.45, 2.75) is 37.7 Å². The summed E-state index contributed by atoms with van der Waals surface area (Å²) in [5, 5.41) is 8.52. The molecule has 4 nitrogen and oxygen atoms in total. The van der Waals surface area contributed by atoms with Crippen LogP contribution in [0.4, 0.5) is 26.3 Å². The van der Waals surface area contributed by atoms with Crippen LogP contribution in [0.25, 0.3) is 0 Å². The Hall–Kier alpha value is -1.48. The highest BCUT2D eigenvalue weighted by molar-refractivity contribution is 5.82. The van der Waals surface area contributed by atoms with E-state index in [9.17, 15) is 35.9 Å². The average molecular weight is 307 g/mol. The molecule has 1 N–H and O–H groups in total. The molecule has 1 aliphatic heterocycles. The molecule has 1 rings (SSSR count). The van der Waals surface area contributed by atoms with Crippen molar-refractivity contribution in [3.63, 3.8) is 0 Å². The summed E-state index contributed by atoms with van der Waals surface area (Å²) < 4.78 is 75.0. The van der Waals surface area contributed by atoms with Crippen molar-refractivity contribution in [2.24, 2.45) is 5.92 Å². The number of likely N-dealkylation sites (tertiary alicyclic amines) is 1. The maximum atomic E-state index is 12.7. The van der Waals surface area contributed by atoms with Gasteiger partial charge in [-0.1, -0.05) is 0 Å². The third-order valence-electron chi connectivity index (χ3n) is 3.06. The van der Waals surface area contributed by atoms with Gasteiger partial charge < -0.3 is 10.0 Å². The predicted octanol–water partition coefficient (Wildman–Crippen LogP) is 2.19. The summed E-state index contributed by atoms with van der Waals surface area (Å²) in [5.74, 6) is -4.78. The van der Waals surface area contributed by atoms with Crippen LogP contribution in [-0.4, -0.2) is 46.8 Å². The van der Waals surface area contributed by atoms with Crippen LogP contribution < -0.4 is 0 Å². The lowest BCUT2D eigenvalue weighted by Crippen LogP contribution is -2.56. The molecule has 1 heterocycles. The average Bonchev–Trinajstić information content (AvgIpc) is 2.24. The normalized spacial score (nSPS) is 24.6. The largest absolute Gasteiger partial charge is 0.481 e. The van der Waals surface area contributed by atoms with E-state index in [1.165, 1.54) is 0 Å². The molecule has 1 amide bonds. The Morgan fingerprint density at radius 3 is 2.10 bits per heavy atom. The van der Waals surface area contributed by atoms with Gasteiger partial charge in [0.25, 0.3) is 0 Å². The van der Waals surface area contributed by atoms with Crippen LogP contribution in [0.5, 0.6) is 0 Å². The molecule has 0 aliphatic carbocycles. The summed E-state index contributed by atoms with van der Waals surface area (Å²) >= 11 is 0. The summed E-state index contributed by atoms with van der Waals surface area (Å²) in [6.07, 6.45) is -12.0. The van der Waals surface area contributed by atoms with E-state index in [-0.39, 0.29) is 11.3 Å². The molecule has 116 valence electrons. The maximum Gasteiger partial charge on any atom is 0.471 e. The summed E-state index contributed by atoms with van der Waals surface area (Å²) in [4.78, 5) is 21.2. The topological polar surface area (TPSA) is 57.6 Å². The van der Waals surface area contributed by atoms with E-state index in [4.69, 9.17) is 5.11 Å². The SMILES string of the molecule is O=C(O)C[C@@H]1CCN(C(=O)C(F)(F)F)[C@H](C(F)(F)F)C1. The molecule has 1 saturated heterocycles. The van der Waals surface area contributed by atoms with E-state index >= 15 is 0 Å². The second-order valence-electron chi connectivity index (χ2n) is 4.54. The lowest BCUT2D eigenvalue weighted by molar-refractivity contribution is -0.221. The number of hydrogen-bond donors (Lipinski definition) is 1. The number of aliphatic carboxylic acids is 1. The third kappa shape index (κ3) is 4.01. The molecule has 10 heteroatoms. The Balaban J connectivity index is 2.92. The minimum absolute atomic E-state index is 0.208. The van der Waals surface area contributed by atoms with Crippen LogP contribution in [0.1, 0.15) is 19.3 Å². The first-order chi connectivity index (χ1) is 8.93. The first-order valence-electron chi connectivity index (χ1n) is 5.59. The van der Waals surface area contributed by atoms with E-state index < -0.39 is 55.6 Å². The van der Waals surface area contributed by atoms with Gasteiger partial charge in [0, 0.05) is 13.0 Å². The quantitative estimate of drug-likeness (QED) is 0.796. The van der Waals surface area contributed by atoms with Crippen molar-refractivity contribution in [2.75, 3.05) is 6.54 Å². The maximum absolute atomic E-state index is 12.7. The van der Waals surface area contributed by atoms with Crippen LogP contribution in [0, 0.1) is 5.92 Å². The number of nitrogens with zero attached hydrogens (tertiary/aromatic N) is 1. The van der Waals surface area contributed by atoms with Crippen molar-refractivity contribution < 1.29 is 41.0 Å². The zero-order chi connectivity index (χ0) is 15.7. The van der Waals surface area contributed by atoms with Crippen LogP contribution in [0.3, 0.4) is 0 Å². The second kappa shape index (κ2) is 5.49. The molecule has 0 unspecified atom stereocenters. The van der Waals surface area contributed by atoms with Gasteiger partial charge in [0.1, 0.15) is 6.04 Å². The molecule has 2 atom stereocenters. The highest BCUT2D eigenvalue weighted by Crippen LogP contribution is 2.37. The molecule has 0 aromatic carbocycles. The number of carbonyl (C=O) groups is 2. The monoisotopic (exact) mass is 307 g/mol. The number of carboxylic acid groups (broad SMARTS) is 1. The number of alkyl halides is 6. The van der Waals surface area contributed by atoms with Gasteiger partial charge in [0.15, 0.2) is 0 Å². The van der Waals surface area contributed by atoms with E-state index in [1.54, 1.807) is 0 Å². The highest BCUT2D eigenvalue weighted by atomic mass is 19.4. The summed E-state index contributed by atoms with van der Waals surface area (Å²) in [7, 11) is 0. The standard InChI is InChI=1S/C10H11F6NO3/c11-9(12,13)6-3-5(4-7(18)19)1-2-17(6)8(20)10(14,15)16/h5-6H,1-4H2,(H,18,19)/t5-,6+/m1/s1. The van der Waals surface area contributed by atoms with Crippen LogP contribution in [-0.2, 0) is 9.59 Å². The molecule has 20 heavy (non-hydrogen) atoms. The fourth-order valence-corrected chi connectivity index (χ4v) is 2.19. The number of carboxylic acids is 1. The van der Waals surface area contributed by atoms with E-state index in [0.29, 0.717) is 0 Å². The van der Waals surface area contributed by atoms with Crippen molar-refractivity contribution in [1.82, 2.24) is 4.90 Å². The molecule has 0 saturated carbocycles. The van der Waals surface area contributed by atoms with Crippen molar-refractivity contribution in [1.29, 1.82) is 0 Å². The summed E-state index contributed by atoms with van der Waals surface area (Å²) in [6, 6.07) is -2.60. The molecular weight excluding hydrogens is 296 g/mol. The molecule has 0 aromatic heterocycles. The summed E-state index contributed by atoms with van der Waals surface area (Å²) in [6.45, 7) is -0.763. The highest BCUT2D eigenvalue weighted by Gasteiger charge is 2.54. The molecule has 0 aromatic rings. The van der Waals surface area contributed by atoms with Crippen LogP contribution in [0.2, 0.25) is 0 Å². The number of hydrogen-bond acceptors (Lipinski definition) is 2. The molecule has 0 radical (unpaired) electrons. The van der Waals surface area contributed by atoms with E-state index in [0.717, 1.165) is 0 Å². The van der Waals surface area contributed by atoms with Crippen molar-refractivity contribution >= 4 is 11.9 Å². The van der Waals surface area contributed by atoms with Gasteiger partial charge in [0.05, 0.1) is 0 Å². The Labute approximate surface area is 109 Å². The minimum atomic E-state index is -5.39. The van der Waals surface area contributed by atoms with Gasteiger partial charge in [-0.05, 0) is 18.8 Å². The fourth-order valence-electron chi connectivity index (χ4n) is 2.19. The first-order valence-corrected chi connectivity index (χ1v) is 5.59. The van der Waals surface area contributed by atoms with Gasteiger partial charge in [-0.25, -0.2) is 0 Å². The zero-order valence-corrected chi connectivity index (χ0v) is 9.96. The Morgan fingerprint density at radius 1 is 1.15 bits per heavy atom.